The lowest BCUT2D eigenvalue weighted by atomic mass is 9.87. The van der Waals surface area contributed by atoms with Crippen molar-refractivity contribution in [1.82, 2.24) is 29.2 Å². The predicted molar refractivity (Wildman–Crippen MR) is 156 cm³/mol. The maximum absolute atomic E-state index is 13.5. The van der Waals surface area contributed by atoms with Crippen LogP contribution in [0.4, 0.5) is 22.2 Å². The van der Waals surface area contributed by atoms with Crippen LogP contribution in [-0.4, -0.2) is 68.0 Å². The van der Waals surface area contributed by atoms with Crippen LogP contribution in [0.5, 0.6) is 5.75 Å². The van der Waals surface area contributed by atoms with E-state index >= 15 is 0 Å². The van der Waals surface area contributed by atoms with Crippen molar-refractivity contribution in [2.45, 2.75) is 37.8 Å². The van der Waals surface area contributed by atoms with E-state index in [1.54, 1.807) is 31.3 Å². The molecule has 1 N–H and O–H groups in total. The van der Waals surface area contributed by atoms with Gasteiger partial charge < -0.3 is 19.7 Å². The Hall–Kier alpha value is -5.20. The van der Waals surface area contributed by atoms with Crippen LogP contribution in [0.15, 0.2) is 53.5 Å². The van der Waals surface area contributed by atoms with Crippen LogP contribution in [0.3, 0.4) is 0 Å². The Balaban J connectivity index is 1.20. The molecule has 0 radical (unpaired) electrons. The fourth-order valence-electron chi connectivity index (χ4n) is 6.40. The van der Waals surface area contributed by atoms with Crippen LogP contribution in [0, 0.1) is 0 Å². The van der Waals surface area contributed by atoms with Crippen molar-refractivity contribution in [1.29, 1.82) is 0 Å². The SMILES string of the molecule is COC(=O)N1Cc2cc(Nc3ncc4c(=O)n5n(c4n3)-c3ccc4c(n3)N(CCC=CC5)C(=O)CO4)ccc2C2(CC2)C1. The number of amides is 2. The number of nitrogens with one attached hydrogen (secondary N) is 1. The second-order valence-corrected chi connectivity index (χ2v) is 11.3. The molecule has 43 heavy (non-hydrogen) atoms. The summed E-state index contributed by atoms with van der Waals surface area (Å²) in [6.45, 7) is 1.84. The average Bonchev–Trinajstić information content (AvgIpc) is 3.73. The Kier molecular flexibility index (Phi) is 5.58. The van der Waals surface area contributed by atoms with Crippen molar-refractivity contribution >= 4 is 40.5 Å². The Morgan fingerprint density at radius 1 is 1.12 bits per heavy atom. The number of fused-ring (bicyclic) bond motifs is 7. The van der Waals surface area contributed by atoms with Crippen LogP contribution < -0.4 is 20.5 Å². The lowest BCUT2D eigenvalue weighted by Gasteiger charge is -2.34. The van der Waals surface area contributed by atoms with Crippen LogP contribution in [0.1, 0.15) is 30.4 Å². The minimum atomic E-state index is -0.327. The van der Waals surface area contributed by atoms with Gasteiger partial charge in [0.05, 0.1) is 13.7 Å². The number of aromatic nitrogens is 5. The molecule has 2 bridgehead atoms. The molecule has 218 valence electrons. The van der Waals surface area contributed by atoms with Gasteiger partial charge in [0, 0.05) is 36.9 Å². The second kappa shape index (κ2) is 9.41. The maximum Gasteiger partial charge on any atom is 0.409 e. The highest BCUT2D eigenvalue weighted by Crippen LogP contribution is 2.52. The molecule has 1 aromatic carbocycles. The van der Waals surface area contributed by atoms with E-state index in [-0.39, 0.29) is 29.6 Å². The van der Waals surface area contributed by atoms with Crippen molar-refractivity contribution in [3.05, 3.63) is 70.2 Å². The molecule has 1 spiro atoms. The molecule has 6 heterocycles. The summed E-state index contributed by atoms with van der Waals surface area (Å²) in [5.74, 6) is 1.50. The first-order chi connectivity index (χ1) is 20.9. The summed E-state index contributed by atoms with van der Waals surface area (Å²) in [5.41, 5.74) is 3.21. The summed E-state index contributed by atoms with van der Waals surface area (Å²) in [6, 6.07) is 9.65. The molecule has 1 fully saturated rings. The van der Waals surface area contributed by atoms with E-state index in [0.717, 1.165) is 24.1 Å². The van der Waals surface area contributed by atoms with E-state index in [1.165, 1.54) is 18.9 Å². The van der Waals surface area contributed by atoms with Crippen LogP contribution >= 0.6 is 0 Å². The number of hydrogen-bond acceptors (Lipinski definition) is 9. The van der Waals surface area contributed by atoms with Gasteiger partial charge in [0.25, 0.3) is 11.5 Å². The molecule has 1 saturated carbocycles. The van der Waals surface area contributed by atoms with Gasteiger partial charge in [-0.05, 0) is 54.7 Å². The van der Waals surface area contributed by atoms with E-state index in [0.29, 0.717) is 67.0 Å². The molecule has 0 saturated heterocycles. The minimum absolute atomic E-state index is 0.00227. The molecular formula is C30H28N8O5. The van der Waals surface area contributed by atoms with Crippen molar-refractivity contribution < 1.29 is 19.1 Å². The molecular weight excluding hydrogens is 552 g/mol. The predicted octanol–water partition coefficient (Wildman–Crippen LogP) is 3.02. The van der Waals surface area contributed by atoms with Crippen LogP contribution in [0.25, 0.3) is 16.9 Å². The van der Waals surface area contributed by atoms with Crippen LogP contribution in [0.2, 0.25) is 0 Å². The summed E-state index contributed by atoms with van der Waals surface area (Å²) in [4.78, 5) is 55.9. The van der Waals surface area contributed by atoms with Crippen molar-refractivity contribution in [3.63, 3.8) is 0 Å². The number of pyridine rings is 1. The first-order valence-electron chi connectivity index (χ1n) is 14.3. The van der Waals surface area contributed by atoms with Gasteiger partial charge in [-0.15, -0.1) is 0 Å². The highest BCUT2D eigenvalue weighted by atomic mass is 16.5. The molecule has 4 aliphatic rings. The standard InChI is InChI=1S/C30H28N8O5/c1-42-29(41)35-15-18-13-19(5-6-21(18)30(17-35)9-10-30)32-28-31-14-20-25(34-28)38-23-8-7-22-26(33-23)36(24(39)16-43-22)11-3-2-4-12-37(38)27(20)40/h2,4-8,13-14H,3,9-12,15-17H2,1H3,(H,31,32,34). The summed E-state index contributed by atoms with van der Waals surface area (Å²) in [7, 11) is 1.41. The smallest absolute Gasteiger partial charge is 0.409 e. The molecule has 13 heteroatoms. The number of carbonyl (C=O) groups excluding carboxylic acids is 2. The van der Waals surface area contributed by atoms with Gasteiger partial charge in [-0.1, -0.05) is 18.2 Å². The second-order valence-electron chi connectivity index (χ2n) is 11.3. The number of carbonyl (C=O) groups is 2. The fourth-order valence-corrected chi connectivity index (χ4v) is 6.40. The van der Waals surface area contributed by atoms with Crippen molar-refractivity contribution in [2.75, 3.05) is 37.0 Å². The summed E-state index contributed by atoms with van der Waals surface area (Å²) >= 11 is 0. The van der Waals surface area contributed by atoms with Gasteiger partial charge in [-0.25, -0.2) is 24.1 Å². The van der Waals surface area contributed by atoms with E-state index in [1.807, 2.05) is 24.3 Å². The van der Waals surface area contributed by atoms with Crippen molar-refractivity contribution in [2.24, 2.45) is 0 Å². The summed E-state index contributed by atoms with van der Waals surface area (Å²) in [5, 5.41) is 3.63. The lowest BCUT2D eigenvalue weighted by molar-refractivity contribution is -0.121. The van der Waals surface area contributed by atoms with E-state index < -0.39 is 0 Å². The third-order valence-electron chi connectivity index (χ3n) is 8.66. The normalized spacial score (nSPS) is 18.0. The lowest BCUT2D eigenvalue weighted by Crippen LogP contribution is -2.41. The first-order valence-corrected chi connectivity index (χ1v) is 14.3. The van der Waals surface area contributed by atoms with E-state index in [9.17, 15) is 14.4 Å². The number of hydrogen-bond donors (Lipinski definition) is 1. The van der Waals surface area contributed by atoms with Gasteiger partial charge in [-0.3, -0.25) is 14.5 Å². The fraction of sp³-hybridized carbons (Fsp3) is 0.333. The van der Waals surface area contributed by atoms with Gasteiger partial charge in [0.2, 0.25) is 5.95 Å². The monoisotopic (exact) mass is 580 g/mol. The number of nitrogens with zero attached hydrogens (tertiary/aromatic N) is 7. The Morgan fingerprint density at radius 2 is 2.00 bits per heavy atom. The Morgan fingerprint density at radius 3 is 2.84 bits per heavy atom. The number of rotatable bonds is 2. The number of methoxy groups -OCH3 is 1. The molecule has 0 atom stereocenters. The van der Waals surface area contributed by atoms with Crippen LogP contribution in [-0.2, 0) is 28.0 Å². The highest BCUT2D eigenvalue weighted by Gasteiger charge is 2.50. The Bertz CT molecular complexity index is 1920. The maximum atomic E-state index is 13.5. The van der Waals surface area contributed by atoms with E-state index in [2.05, 4.69) is 16.4 Å². The van der Waals surface area contributed by atoms with Gasteiger partial charge >= 0.3 is 6.09 Å². The number of ether oxygens (including phenoxy) is 2. The van der Waals surface area contributed by atoms with Gasteiger partial charge in [0.15, 0.2) is 29.6 Å². The Labute approximate surface area is 245 Å². The van der Waals surface area contributed by atoms with E-state index in [4.69, 9.17) is 19.4 Å². The third-order valence-corrected chi connectivity index (χ3v) is 8.66. The zero-order valence-corrected chi connectivity index (χ0v) is 23.4. The van der Waals surface area contributed by atoms with Gasteiger partial charge in [-0.2, -0.15) is 4.98 Å². The molecule has 1 aliphatic carbocycles. The molecule has 2 amide bonds. The number of benzene rings is 1. The minimum Gasteiger partial charge on any atom is -0.480 e. The first kappa shape index (κ1) is 25.5. The topological polar surface area (TPSA) is 137 Å². The zero-order valence-electron chi connectivity index (χ0n) is 23.4. The largest absolute Gasteiger partial charge is 0.480 e. The molecule has 0 unspecified atom stereocenters. The quantitative estimate of drug-likeness (QED) is 0.355. The summed E-state index contributed by atoms with van der Waals surface area (Å²) < 4.78 is 13.9. The number of anilines is 3. The zero-order chi connectivity index (χ0) is 29.3. The molecule has 4 aromatic rings. The average molecular weight is 581 g/mol. The molecule has 8 rings (SSSR count). The summed E-state index contributed by atoms with van der Waals surface area (Å²) in [6.07, 6.45) is 7.74. The highest BCUT2D eigenvalue weighted by molar-refractivity contribution is 5.96. The van der Waals surface area contributed by atoms with Gasteiger partial charge in [0.1, 0.15) is 5.39 Å². The third kappa shape index (κ3) is 4.06. The van der Waals surface area contributed by atoms with Crippen molar-refractivity contribution in [3.8, 4) is 11.6 Å². The molecule has 3 aliphatic heterocycles. The molecule has 13 nitrogen and oxygen atoms in total. The number of allylic oxidation sites excluding steroid dienone is 1. The molecule has 3 aromatic heterocycles.